The Kier molecular flexibility index (Phi) is 6.13. The van der Waals surface area contributed by atoms with E-state index >= 15 is 0 Å². The summed E-state index contributed by atoms with van der Waals surface area (Å²) in [5, 5.41) is 9.97. The third kappa shape index (κ3) is 4.14. The van der Waals surface area contributed by atoms with Crippen LogP contribution in [0.5, 0.6) is 11.5 Å². The number of allylic oxidation sites excluding steroid dienone is 1. The van der Waals surface area contributed by atoms with Gasteiger partial charge in [0.25, 0.3) is 5.91 Å². The summed E-state index contributed by atoms with van der Waals surface area (Å²) in [5.74, 6) is 0.0650. The molecule has 1 atom stereocenters. The van der Waals surface area contributed by atoms with Gasteiger partial charge in [-0.2, -0.15) is 23.3 Å². The average molecular weight is 494 g/mol. The Morgan fingerprint density at radius 1 is 1.18 bits per heavy atom. The maximum Gasteiger partial charge on any atom is 0.416 e. The minimum atomic E-state index is -4.65. The molecule has 1 aliphatic heterocycles. The summed E-state index contributed by atoms with van der Waals surface area (Å²) in [6, 6.07) is 6.77. The zero-order valence-corrected chi connectivity index (χ0v) is 19.0. The molecule has 0 fully saturated rings. The van der Waals surface area contributed by atoms with E-state index in [1.165, 1.54) is 55.6 Å². The number of nitrogens with one attached hydrogen (secondary N) is 2. The van der Waals surface area contributed by atoms with E-state index in [4.69, 9.17) is 21.1 Å². The number of rotatable bonds is 5. The van der Waals surface area contributed by atoms with Gasteiger partial charge in [-0.1, -0.05) is 29.8 Å². The second-order valence-corrected chi connectivity index (χ2v) is 7.73. The van der Waals surface area contributed by atoms with Gasteiger partial charge in [0.1, 0.15) is 23.9 Å². The number of carbonyl (C=O) groups excluding carboxylic acids is 1. The van der Waals surface area contributed by atoms with Crippen molar-refractivity contribution in [3.63, 3.8) is 0 Å². The highest BCUT2D eigenvalue weighted by molar-refractivity contribution is 6.32. The van der Waals surface area contributed by atoms with Gasteiger partial charge in [-0.15, -0.1) is 0 Å². The highest BCUT2D eigenvalue weighted by Crippen LogP contribution is 2.42. The number of aromatic nitrogens is 3. The zero-order valence-electron chi connectivity index (χ0n) is 18.2. The predicted octanol–water partition coefficient (Wildman–Crippen LogP) is 4.90. The molecule has 0 saturated heterocycles. The molecule has 12 heteroatoms. The summed E-state index contributed by atoms with van der Waals surface area (Å²) < 4.78 is 53.4. The van der Waals surface area contributed by atoms with Crippen LogP contribution in [0.2, 0.25) is 5.02 Å². The zero-order chi connectivity index (χ0) is 24.6. The first kappa shape index (κ1) is 23.4. The van der Waals surface area contributed by atoms with E-state index < -0.39 is 23.7 Å². The van der Waals surface area contributed by atoms with Gasteiger partial charge >= 0.3 is 6.18 Å². The number of alkyl halides is 3. The second-order valence-electron chi connectivity index (χ2n) is 7.32. The van der Waals surface area contributed by atoms with E-state index in [2.05, 4.69) is 20.7 Å². The Morgan fingerprint density at radius 3 is 2.56 bits per heavy atom. The fourth-order valence-corrected chi connectivity index (χ4v) is 4.04. The SMILES string of the molecule is COc1cc(NC(=O)C2=C(C)Nc3ncnn3[C@H]2c2ccccc2C(F)(F)F)c(OC)cc1Cl. The molecule has 1 amide bonds. The number of benzene rings is 2. The van der Waals surface area contributed by atoms with Crippen molar-refractivity contribution in [2.24, 2.45) is 0 Å². The Hall–Kier alpha value is -3.73. The smallest absolute Gasteiger partial charge is 0.416 e. The maximum atomic E-state index is 13.9. The number of anilines is 2. The number of methoxy groups -OCH3 is 2. The molecule has 1 aromatic heterocycles. The lowest BCUT2D eigenvalue weighted by Crippen LogP contribution is -2.32. The molecule has 4 rings (SSSR count). The van der Waals surface area contributed by atoms with Gasteiger partial charge < -0.3 is 20.1 Å². The largest absolute Gasteiger partial charge is 0.495 e. The molecule has 0 unspecified atom stereocenters. The fourth-order valence-electron chi connectivity index (χ4n) is 3.81. The van der Waals surface area contributed by atoms with Crippen molar-refractivity contribution >= 4 is 29.1 Å². The quantitative estimate of drug-likeness (QED) is 0.525. The molecule has 34 heavy (non-hydrogen) atoms. The molecule has 8 nitrogen and oxygen atoms in total. The van der Waals surface area contributed by atoms with Gasteiger partial charge in [0.15, 0.2) is 0 Å². The van der Waals surface area contributed by atoms with Crippen molar-refractivity contribution in [3.8, 4) is 11.5 Å². The van der Waals surface area contributed by atoms with Crippen LogP contribution in [0.3, 0.4) is 0 Å². The number of halogens is 4. The highest BCUT2D eigenvalue weighted by atomic mass is 35.5. The van der Waals surface area contributed by atoms with E-state index in [0.717, 1.165) is 6.07 Å². The summed E-state index contributed by atoms with van der Waals surface area (Å²) in [6.07, 6.45) is -3.45. The van der Waals surface area contributed by atoms with E-state index in [1.807, 2.05) is 0 Å². The minimum Gasteiger partial charge on any atom is -0.495 e. The molecule has 0 bridgehead atoms. The predicted molar refractivity (Wildman–Crippen MR) is 119 cm³/mol. The number of hydrogen-bond donors (Lipinski definition) is 2. The molecule has 2 heterocycles. The Balaban J connectivity index is 1.83. The Bertz CT molecular complexity index is 1290. The molecule has 0 radical (unpaired) electrons. The van der Waals surface area contributed by atoms with E-state index in [-0.39, 0.29) is 39.3 Å². The summed E-state index contributed by atoms with van der Waals surface area (Å²) in [6.45, 7) is 1.58. The molecule has 178 valence electrons. The van der Waals surface area contributed by atoms with Gasteiger partial charge in [-0.05, 0) is 18.6 Å². The van der Waals surface area contributed by atoms with E-state index in [9.17, 15) is 18.0 Å². The van der Waals surface area contributed by atoms with Gasteiger partial charge in [0.2, 0.25) is 5.95 Å². The third-order valence-electron chi connectivity index (χ3n) is 5.32. The minimum absolute atomic E-state index is 0.0191. The number of ether oxygens (including phenoxy) is 2. The van der Waals surface area contributed by atoms with Crippen LogP contribution in [-0.4, -0.2) is 34.9 Å². The van der Waals surface area contributed by atoms with Crippen LogP contribution in [0.25, 0.3) is 0 Å². The summed E-state index contributed by atoms with van der Waals surface area (Å²) in [5.41, 5.74) is -0.465. The van der Waals surface area contributed by atoms with Gasteiger partial charge in [-0.25, -0.2) is 4.68 Å². The molecule has 2 N–H and O–H groups in total. The van der Waals surface area contributed by atoms with Gasteiger partial charge in [-0.3, -0.25) is 4.79 Å². The van der Waals surface area contributed by atoms with E-state index in [1.54, 1.807) is 6.92 Å². The molecule has 0 aliphatic carbocycles. The average Bonchev–Trinajstić information content (AvgIpc) is 3.26. The topological polar surface area (TPSA) is 90.3 Å². The third-order valence-corrected chi connectivity index (χ3v) is 5.62. The second kappa shape index (κ2) is 8.90. The molecular formula is C22H19ClF3N5O3. The Labute approximate surface area is 197 Å². The van der Waals surface area contributed by atoms with Crippen LogP contribution < -0.4 is 20.1 Å². The van der Waals surface area contributed by atoms with Crippen molar-refractivity contribution in [2.75, 3.05) is 24.9 Å². The summed E-state index contributed by atoms with van der Waals surface area (Å²) in [4.78, 5) is 17.6. The summed E-state index contributed by atoms with van der Waals surface area (Å²) in [7, 11) is 2.80. The first-order valence-corrected chi connectivity index (χ1v) is 10.3. The van der Waals surface area contributed by atoms with Crippen molar-refractivity contribution in [1.82, 2.24) is 14.8 Å². The molecule has 1 aliphatic rings. The van der Waals surface area contributed by atoms with Crippen molar-refractivity contribution in [3.05, 3.63) is 70.1 Å². The van der Waals surface area contributed by atoms with Crippen LogP contribution in [0.1, 0.15) is 24.1 Å². The normalized spacial score (nSPS) is 15.4. The number of amides is 1. The number of nitrogens with zero attached hydrogens (tertiary/aromatic N) is 3. The highest BCUT2D eigenvalue weighted by Gasteiger charge is 2.40. The van der Waals surface area contributed by atoms with Gasteiger partial charge in [0, 0.05) is 17.8 Å². The lowest BCUT2D eigenvalue weighted by molar-refractivity contribution is -0.138. The number of carbonyl (C=O) groups is 1. The van der Waals surface area contributed by atoms with Crippen molar-refractivity contribution in [1.29, 1.82) is 0 Å². The standard InChI is InChI=1S/C22H19ClF3N5O3/c1-11-18(20(32)30-15-9-16(33-2)14(23)8-17(15)34-3)19(31-21(29-11)27-10-28-31)12-6-4-5-7-13(12)22(24,25)26/h4-10,19H,1-3H3,(H,30,32)(H,27,28,29)/t19-/m0/s1. The first-order valence-electron chi connectivity index (χ1n) is 9.92. The maximum absolute atomic E-state index is 13.9. The lowest BCUT2D eigenvalue weighted by atomic mass is 9.91. The number of hydrogen-bond acceptors (Lipinski definition) is 6. The van der Waals surface area contributed by atoms with Crippen LogP contribution in [0, 0.1) is 0 Å². The molecule has 2 aromatic carbocycles. The first-order chi connectivity index (χ1) is 16.2. The monoisotopic (exact) mass is 493 g/mol. The lowest BCUT2D eigenvalue weighted by Gasteiger charge is -2.30. The van der Waals surface area contributed by atoms with Crippen molar-refractivity contribution < 1.29 is 27.4 Å². The van der Waals surface area contributed by atoms with Crippen molar-refractivity contribution in [2.45, 2.75) is 19.1 Å². The number of fused-ring (bicyclic) bond motifs is 1. The molecular weight excluding hydrogens is 475 g/mol. The summed E-state index contributed by atoms with van der Waals surface area (Å²) >= 11 is 6.13. The fraction of sp³-hybridized carbons (Fsp3) is 0.227. The molecule has 0 saturated carbocycles. The van der Waals surface area contributed by atoms with Crippen LogP contribution in [-0.2, 0) is 11.0 Å². The Morgan fingerprint density at radius 2 is 1.88 bits per heavy atom. The van der Waals surface area contributed by atoms with Crippen LogP contribution in [0.15, 0.2) is 54.0 Å². The van der Waals surface area contributed by atoms with Gasteiger partial charge in [0.05, 0.1) is 36.1 Å². The van der Waals surface area contributed by atoms with E-state index in [0.29, 0.717) is 5.70 Å². The molecule has 0 spiro atoms. The van der Waals surface area contributed by atoms with Crippen LogP contribution in [0.4, 0.5) is 24.8 Å². The van der Waals surface area contributed by atoms with Crippen LogP contribution >= 0.6 is 11.6 Å². The molecule has 3 aromatic rings.